The van der Waals surface area contributed by atoms with Crippen LogP contribution in [0.25, 0.3) is 5.65 Å². The van der Waals surface area contributed by atoms with E-state index in [4.69, 9.17) is 4.74 Å². The minimum Gasteiger partial charge on any atom is -0.492 e. The van der Waals surface area contributed by atoms with Gasteiger partial charge >= 0.3 is 6.03 Å². The number of piperazine rings is 1. The van der Waals surface area contributed by atoms with E-state index in [0.717, 1.165) is 25.3 Å². The van der Waals surface area contributed by atoms with E-state index in [1.165, 1.54) is 5.69 Å². The largest absolute Gasteiger partial charge is 0.492 e. The van der Waals surface area contributed by atoms with Gasteiger partial charge in [0.15, 0.2) is 0 Å². The first kappa shape index (κ1) is 18.3. The number of urea groups is 1. The molecule has 28 heavy (non-hydrogen) atoms. The number of rotatable bonds is 5. The molecule has 1 aromatic carbocycles. The Labute approximate surface area is 164 Å². The van der Waals surface area contributed by atoms with Crippen LogP contribution < -0.4 is 10.1 Å². The van der Waals surface area contributed by atoms with Crippen molar-refractivity contribution in [1.82, 2.24) is 19.2 Å². The van der Waals surface area contributed by atoms with Gasteiger partial charge in [0.05, 0.1) is 24.2 Å². The number of pyridine rings is 1. The Kier molecular flexibility index (Phi) is 5.43. The van der Waals surface area contributed by atoms with Crippen LogP contribution in [0.1, 0.15) is 12.6 Å². The molecule has 1 fully saturated rings. The lowest BCUT2D eigenvalue weighted by Crippen LogP contribution is -2.49. The quantitative estimate of drug-likeness (QED) is 0.740. The lowest BCUT2D eigenvalue weighted by atomic mass is 10.3. The number of fused-ring (bicyclic) bond motifs is 1. The van der Waals surface area contributed by atoms with E-state index in [0.29, 0.717) is 31.1 Å². The highest BCUT2D eigenvalue weighted by atomic mass is 16.5. The molecule has 3 aromatic rings. The van der Waals surface area contributed by atoms with Crippen molar-refractivity contribution in [3.8, 4) is 5.75 Å². The number of hydrogen-bond acceptors (Lipinski definition) is 4. The van der Waals surface area contributed by atoms with Gasteiger partial charge in [0, 0.05) is 38.9 Å². The number of anilines is 1. The van der Waals surface area contributed by atoms with E-state index >= 15 is 0 Å². The van der Waals surface area contributed by atoms with Crippen molar-refractivity contribution >= 4 is 17.4 Å². The molecule has 1 aliphatic heterocycles. The second-order valence-corrected chi connectivity index (χ2v) is 6.80. The van der Waals surface area contributed by atoms with Gasteiger partial charge in [0.25, 0.3) is 0 Å². The van der Waals surface area contributed by atoms with Crippen LogP contribution in [-0.2, 0) is 6.54 Å². The van der Waals surface area contributed by atoms with Gasteiger partial charge < -0.3 is 19.4 Å². The van der Waals surface area contributed by atoms with E-state index in [9.17, 15) is 4.79 Å². The molecule has 0 radical (unpaired) electrons. The first-order valence-electron chi connectivity index (χ1n) is 9.65. The molecule has 0 atom stereocenters. The highest BCUT2D eigenvalue weighted by Gasteiger charge is 2.22. The van der Waals surface area contributed by atoms with E-state index in [-0.39, 0.29) is 6.03 Å². The first-order valence-corrected chi connectivity index (χ1v) is 9.65. The number of benzene rings is 1. The summed E-state index contributed by atoms with van der Waals surface area (Å²) in [6.07, 6.45) is 3.97. The zero-order chi connectivity index (χ0) is 19.3. The molecule has 2 amide bonds. The number of aromatic nitrogens is 2. The van der Waals surface area contributed by atoms with Crippen LogP contribution in [0.2, 0.25) is 0 Å². The summed E-state index contributed by atoms with van der Waals surface area (Å²) in [7, 11) is 0. The summed E-state index contributed by atoms with van der Waals surface area (Å²) in [5, 5.41) is 2.98. The van der Waals surface area contributed by atoms with Gasteiger partial charge in [-0.1, -0.05) is 18.2 Å². The summed E-state index contributed by atoms with van der Waals surface area (Å²) < 4.78 is 7.70. The topological polar surface area (TPSA) is 62.1 Å². The first-order chi connectivity index (χ1) is 13.7. The molecule has 2 aromatic heterocycles. The van der Waals surface area contributed by atoms with E-state index in [1.54, 1.807) is 0 Å². The van der Waals surface area contributed by atoms with Crippen molar-refractivity contribution in [3.63, 3.8) is 0 Å². The molecule has 7 nitrogen and oxygen atoms in total. The Morgan fingerprint density at radius 3 is 2.71 bits per heavy atom. The standard InChI is InChI=1S/C21H25N5O2/c1-2-28-19-8-4-3-7-18(19)23-21(27)25-13-11-24(12-14-25)16-17-15-22-20-9-5-6-10-26(17)20/h3-10,15H,2,11-14,16H2,1H3,(H,23,27). The Morgan fingerprint density at radius 1 is 1.11 bits per heavy atom. The lowest BCUT2D eigenvalue weighted by Gasteiger charge is -2.34. The van der Waals surface area contributed by atoms with Crippen LogP contribution in [0.15, 0.2) is 54.9 Å². The third-order valence-electron chi connectivity index (χ3n) is 4.97. The fourth-order valence-electron chi connectivity index (χ4n) is 3.49. The number of para-hydroxylation sites is 2. The number of carbonyl (C=O) groups is 1. The fourth-order valence-corrected chi connectivity index (χ4v) is 3.49. The summed E-state index contributed by atoms with van der Waals surface area (Å²) in [6.45, 7) is 6.38. The molecule has 3 heterocycles. The van der Waals surface area contributed by atoms with Crippen LogP contribution in [0.3, 0.4) is 0 Å². The molecule has 0 saturated carbocycles. The normalized spacial score (nSPS) is 15.0. The third-order valence-corrected chi connectivity index (χ3v) is 4.97. The Balaban J connectivity index is 1.33. The second kappa shape index (κ2) is 8.31. The van der Waals surface area contributed by atoms with Gasteiger partial charge in [-0.3, -0.25) is 4.90 Å². The number of nitrogens with one attached hydrogen (secondary N) is 1. The monoisotopic (exact) mass is 379 g/mol. The molecule has 0 unspecified atom stereocenters. The summed E-state index contributed by atoms with van der Waals surface area (Å²) in [5.74, 6) is 0.699. The molecule has 4 rings (SSSR count). The predicted octanol–water partition coefficient (Wildman–Crippen LogP) is 3.08. The summed E-state index contributed by atoms with van der Waals surface area (Å²) in [6, 6.07) is 13.5. The molecule has 0 spiro atoms. The predicted molar refractivity (Wildman–Crippen MR) is 109 cm³/mol. The zero-order valence-electron chi connectivity index (χ0n) is 16.0. The lowest BCUT2D eigenvalue weighted by molar-refractivity contribution is 0.142. The van der Waals surface area contributed by atoms with Crippen LogP contribution in [-0.4, -0.2) is 58.0 Å². The molecule has 7 heteroatoms. The Bertz CT molecular complexity index is 947. The van der Waals surface area contributed by atoms with Gasteiger partial charge in [-0.2, -0.15) is 0 Å². The molecular weight excluding hydrogens is 354 g/mol. The van der Waals surface area contributed by atoms with E-state index < -0.39 is 0 Å². The van der Waals surface area contributed by atoms with Crippen LogP contribution in [0.5, 0.6) is 5.75 Å². The number of hydrogen-bond donors (Lipinski definition) is 1. The zero-order valence-corrected chi connectivity index (χ0v) is 16.0. The molecular formula is C21H25N5O2. The summed E-state index contributed by atoms with van der Waals surface area (Å²) in [4.78, 5) is 21.3. The minimum atomic E-state index is -0.0818. The van der Waals surface area contributed by atoms with Gasteiger partial charge in [0.1, 0.15) is 11.4 Å². The molecule has 0 aliphatic carbocycles. The maximum Gasteiger partial charge on any atom is 0.322 e. The van der Waals surface area contributed by atoms with Gasteiger partial charge in [-0.25, -0.2) is 9.78 Å². The van der Waals surface area contributed by atoms with Gasteiger partial charge in [-0.05, 0) is 31.2 Å². The molecule has 1 saturated heterocycles. The molecule has 0 bridgehead atoms. The van der Waals surface area contributed by atoms with Crippen molar-refractivity contribution < 1.29 is 9.53 Å². The smallest absolute Gasteiger partial charge is 0.322 e. The highest BCUT2D eigenvalue weighted by Crippen LogP contribution is 2.24. The Hall–Kier alpha value is -3.06. The number of nitrogens with zero attached hydrogens (tertiary/aromatic N) is 4. The molecule has 146 valence electrons. The third kappa shape index (κ3) is 3.94. The minimum absolute atomic E-state index is 0.0818. The van der Waals surface area contributed by atoms with Crippen LogP contribution in [0, 0.1) is 0 Å². The summed E-state index contributed by atoms with van der Waals surface area (Å²) in [5.41, 5.74) is 2.84. The highest BCUT2D eigenvalue weighted by molar-refractivity contribution is 5.91. The molecule has 1 N–H and O–H groups in total. The average molecular weight is 379 g/mol. The van der Waals surface area contributed by atoms with Crippen molar-refractivity contribution in [2.24, 2.45) is 0 Å². The number of carbonyl (C=O) groups excluding carboxylic acids is 1. The van der Waals surface area contributed by atoms with E-state index in [1.807, 2.05) is 66.7 Å². The van der Waals surface area contributed by atoms with Gasteiger partial charge in [-0.15, -0.1) is 0 Å². The number of amides is 2. The van der Waals surface area contributed by atoms with Crippen LogP contribution >= 0.6 is 0 Å². The van der Waals surface area contributed by atoms with Crippen LogP contribution in [0.4, 0.5) is 10.5 Å². The SMILES string of the molecule is CCOc1ccccc1NC(=O)N1CCN(Cc2cnc3ccccn23)CC1. The average Bonchev–Trinajstić information content (AvgIpc) is 3.13. The maximum absolute atomic E-state index is 12.6. The number of imidazole rings is 1. The van der Waals surface area contributed by atoms with Crippen molar-refractivity contribution in [3.05, 3.63) is 60.6 Å². The fraction of sp³-hybridized carbons (Fsp3) is 0.333. The van der Waals surface area contributed by atoms with Crippen molar-refractivity contribution in [1.29, 1.82) is 0 Å². The molecule has 1 aliphatic rings. The van der Waals surface area contributed by atoms with E-state index in [2.05, 4.69) is 19.6 Å². The van der Waals surface area contributed by atoms with Crippen molar-refractivity contribution in [2.45, 2.75) is 13.5 Å². The Morgan fingerprint density at radius 2 is 1.89 bits per heavy atom. The second-order valence-electron chi connectivity index (χ2n) is 6.80. The van der Waals surface area contributed by atoms with Crippen molar-refractivity contribution in [2.75, 3.05) is 38.1 Å². The number of ether oxygens (including phenoxy) is 1. The maximum atomic E-state index is 12.6. The van der Waals surface area contributed by atoms with Gasteiger partial charge in [0.2, 0.25) is 0 Å². The summed E-state index contributed by atoms with van der Waals surface area (Å²) >= 11 is 0.